The van der Waals surface area contributed by atoms with Crippen LogP contribution in [0.5, 0.6) is 0 Å². The van der Waals surface area contributed by atoms with Gasteiger partial charge in [-0.05, 0) is 25.1 Å². The number of rotatable bonds is 7. The van der Waals surface area contributed by atoms with Crippen molar-refractivity contribution in [3.8, 4) is 0 Å². The van der Waals surface area contributed by atoms with E-state index >= 15 is 0 Å². The summed E-state index contributed by atoms with van der Waals surface area (Å²) in [6.45, 7) is 2.95. The second-order valence-corrected chi connectivity index (χ2v) is 7.30. The zero-order valence-corrected chi connectivity index (χ0v) is 17.0. The van der Waals surface area contributed by atoms with E-state index in [1.165, 1.54) is 18.4 Å². The Labute approximate surface area is 170 Å². The fourth-order valence-corrected chi connectivity index (χ4v) is 4.11. The number of fused-ring (bicyclic) bond motifs is 1. The molecule has 1 saturated heterocycles. The van der Waals surface area contributed by atoms with Gasteiger partial charge < -0.3 is 14.0 Å². The van der Waals surface area contributed by atoms with Crippen molar-refractivity contribution in [2.24, 2.45) is 4.99 Å². The van der Waals surface area contributed by atoms with E-state index in [-0.39, 0.29) is 31.2 Å². The number of esters is 1. The van der Waals surface area contributed by atoms with Crippen molar-refractivity contribution in [1.82, 2.24) is 9.47 Å². The smallest absolute Gasteiger partial charge is 0.337 e. The van der Waals surface area contributed by atoms with Gasteiger partial charge in [-0.25, -0.2) is 4.79 Å². The van der Waals surface area contributed by atoms with E-state index in [1.807, 2.05) is 11.5 Å². The van der Waals surface area contributed by atoms with Crippen molar-refractivity contribution in [2.75, 3.05) is 26.9 Å². The summed E-state index contributed by atoms with van der Waals surface area (Å²) >= 11 is 1.24. The number of methoxy groups -OCH3 is 1. The van der Waals surface area contributed by atoms with E-state index in [2.05, 4.69) is 4.99 Å². The maximum Gasteiger partial charge on any atom is 0.337 e. The molecule has 0 bridgehead atoms. The van der Waals surface area contributed by atoms with Crippen LogP contribution in [-0.4, -0.2) is 60.0 Å². The minimum atomic E-state index is -0.585. The highest BCUT2D eigenvalue weighted by Gasteiger charge is 2.30. The van der Waals surface area contributed by atoms with Crippen LogP contribution in [0.4, 0.5) is 0 Å². The van der Waals surface area contributed by atoms with Crippen LogP contribution < -0.4 is 4.80 Å². The van der Waals surface area contributed by atoms with Gasteiger partial charge >= 0.3 is 5.97 Å². The molecule has 0 N–H and O–H groups in total. The SMILES string of the molecule is CCOCCn1c(=NC(=O)CN2C(=O)CCC2=O)sc2cc(C(=O)OC)ccc21. The first-order valence-corrected chi connectivity index (χ1v) is 9.96. The number of hydrogen-bond acceptors (Lipinski definition) is 7. The van der Waals surface area contributed by atoms with Gasteiger partial charge in [-0.1, -0.05) is 11.3 Å². The first-order valence-electron chi connectivity index (χ1n) is 9.14. The highest BCUT2D eigenvalue weighted by molar-refractivity contribution is 7.16. The Morgan fingerprint density at radius 3 is 2.59 bits per heavy atom. The molecule has 1 aromatic carbocycles. The Balaban J connectivity index is 1.97. The summed E-state index contributed by atoms with van der Waals surface area (Å²) in [4.78, 5) is 53.2. The van der Waals surface area contributed by atoms with Gasteiger partial charge in [0, 0.05) is 26.0 Å². The topological polar surface area (TPSA) is 107 Å². The fourth-order valence-electron chi connectivity index (χ4n) is 3.00. The quantitative estimate of drug-likeness (QED) is 0.378. The largest absolute Gasteiger partial charge is 0.465 e. The molecule has 154 valence electrons. The molecule has 0 aliphatic carbocycles. The van der Waals surface area contributed by atoms with Gasteiger partial charge in [0.2, 0.25) is 11.8 Å². The van der Waals surface area contributed by atoms with Crippen LogP contribution in [0.3, 0.4) is 0 Å². The van der Waals surface area contributed by atoms with Crippen molar-refractivity contribution < 1.29 is 28.7 Å². The van der Waals surface area contributed by atoms with Gasteiger partial charge in [-0.15, -0.1) is 0 Å². The van der Waals surface area contributed by atoms with Gasteiger partial charge in [0.1, 0.15) is 6.54 Å². The third-order valence-corrected chi connectivity index (χ3v) is 5.48. The average Bonchev–Trinajstić information content (AvgIpc) is 3.21. The molecule has 1 aromatic heterocycles. The lowest BCUT2D eigenvalue weighted by Gasteiger charge is -2.10. The Kier molecular flexibility index (Phi) is 6.55. The van der Waals surface area contributed by atoms with E-state index < -0.39 is 11.9 Å². The van der Waals surface area contributed by atoms with Crippen molar-refractivity contribution in [1.29, 1.82) is 0 Å². The number of likely N-dealkylation sites (tertiary alicyclic amines) is 1. The van der Waals surface area contributed by atoms with Crippen LogP contribution in [0, 0.1) is 0 Å². The molecule has 1 aliphatic heterocycles. The Bertz CT molecular complexity index is 1020. The number of ether oxygens (including phenoxy) is 2. The minimum absolute atomic E-state index is 0.125. The highest BCUT2D eigenvalue weighted by Crippen LogP contribution is 2.20. The fraction of sp³-hybridized carbons (Fsp3) is 0.421. The molecule has 0 unspecified atom stereocenters. The summed E-state index contributed by atoms with van der Waals surface area (Å²) < 4.78 is 12.7. The van der Waals surface area contributed by atoms with Gasteiger partial charge in [0.25, 0.3) is 5.91 Å². The number of aromatic nitrogens is 1. The predicted octanol–water partition coefficient (Wildman–Crippen LogP) is 1.10. The van der Waals surface area contributed by atoms with Gasteiger partial charge in [0.15, 0.2) is 4.80 Å². The molecule has 9 nitrogen and oxygen atoms in total. The van der Waals surface area contributed by atoms with E-state index in [9.17, 15) is 19.2 Å². The lowest BCUT2D eigenvalue weighted by Crippen LogP contribution is -2.34. The van der Waals surface area contributed by atoms with Crippen molar-refractivity contribution in [3.63, 3.8) is 0 Å². The zero-order chi connectivity index (χ0) is 21.0. The van der Waals surface area contributed by atoms with Gasteiger partial charge in [0.05, 0.1) is 29.5 Å². The molecule has 0 saturated carbocycles. The molecule has 29 heavy (non-hydrogen) atoms. The van der Waals surface area contributed by atoms with Crippen LogP contribution in [0.15, 0.2) is 23.2 Å². The number of benzene rings is 1. The summed E-state index contributed by atoms with van der Waals surface area (Å²) in [5.74, 6) is -1.76. The third-order valence-electron chi connectivity index (χ3n) is 4.44. The summed E-state index contributed by atoms with van der Waals surface area (Å²) in [6.07, 6.45) is 0.249. The second-order valence-electron chi connectivity index (χ2n) is 6.29. The molecular formula is C19H21N3O6S. The monoisotopic (exact) mass is 419 g/mol. The number of carbonyl (C=O) groups excluding carboxylic acids is 4. The second kappa shape index (κ2) is 9.10. The average molecular weight is 419 g/mol. The van der Waals surface area contributed by atoms with Crippen molar-refractivity contribution in [3.05, 3.63) is 28.6 Å². The number of thiazole rings is 1. The molecule has 0 radical (unpaired) electrons. The molecule has 10 heteroatoms. The highest BCUT2D eigenvalue weighted by atomic mass is 32.1. The molecule has 3 rings (SSSR count). The number of amides is 3. The lowest BCUT2D eigenvalue weighted by atomic mass is 10.2. The van der Waals surface area contributed by atoms with Crippen LogP contribution in [0.25, 0.3) is 10.2 Å². The summed E-state index contributed by atoms with van der Waals surface area (Å²) in [6, 6.07) is 5.09. The number of carbonyl (C=O) groups is 4. The summed E-state index contributed by atoms with van der Waals surface area (Å²) in [5.41, 5.74) is 1.19. The molecule has 0 spiro atoms. The maximum absolute atomic E-state index is 12.4. The maximum atomic E-state index is 12.4. The minimum Gasteiger partial charge on any atom is -0.465 e. The predicted molar refractivity (Wildman–Crippen MR) is 104 cm³/mol. The van der Waals surface area contributed by atoms with E-state index in [4.69, 9.17) is 9.47 Å². The molecule has 1 fully saturated rings. The molecular weight excluding hydrogens is 398 g/mol. The van der Waals surface area contributed by atoms with Crippen molar-refractivity contribution >= 4 is 45.2 Å². The molecule has 3 amide bonds. The lowest BCUT2D eigenvalue weighted by molar-refractivity contribution is -0.141. The van der Waals surface area contributed by atoms with Crippen molar-refractivity contribution in [2.45, 2.75) is 26.3 Å². The van der Waals surface area contributed by atoms with Crippen LogP contribution >= 0.6 is 11.3 Å². The molecule has 2 aromatic rings. The van der Waals surface area contributed by atoms with Crippen LogP contribution in [0.1, 0.15) is 30.1 Å². The Hall–Kier alpha value is -2.85. The summed E-state index contributed by atoms with van der Waals surface area (Å²) in [5, 5.41) is 0. The first-order chi connectivity index (χ1) is 13.9. The van der Waals surface area contributed by atoms with E-state index in [0.717, 1.165) is 15.1 Å². The first kappa shape index (κ1) is 20.9. The van der Waals surface area contributed by atoms with Gasteiger partial charge in [-0.2, -0.15) is 4.99 Å². The molecule has 0 atom stereocenters. The molecule has 2 heterocycles. The molecule has 1 aliphatic rings. The standard InChI is InChI=1S/C19H21N3O6S/c1-3-28-9-8-21-13-5-4-12(18(26)27-2)10-14(13)29-19(21)20-15(23)11-22-16(24)6-7-17(22)25/h4-5,10H,3,6-9,11H2,1-2H3. The Morgan fingerprint density at radius 2 is 1.93 bits per heavy atom. The Morgan fingerprint density at radius 1 is 1.21 bits per heavy atom. The van der Waals surface area contributed by atoms with Gasteiger partial charge in [-0.3, -0.25) is 19.3 Å². The number of imide groups is 1. The summed E-state index contributed by atoms with van der Waals surface area (Å²) in [7, 11) is 1.31. The van der Waals surface area contributed by atoms with E-state index in [0.29, 0.717) is 30.1 Å². The van der Waals surface area contributed by atoms with E-state index in [1.54, 1.807) is 18.2 Å². The zero-order valence-electron chi connectivity index (χ0n) is 16.2. The normalized spacial score (nSPS) is 14.8. The van der Waals surface area contributed by atoms with Crippen LogP contribution in [-0.2, 0) is 30.4 Å². The number of hydrogen-bond donors (Lipinski definition) is 0. The van der Waals surface area contributed by atoms with Crippen LogP contribution in [0.2, 0.25) is 0 Å². The third kappa shape index (κ3) is 4.60. The number of nitrogens with zero attached hydrogens (tertiary/aromatic N) is 3.